The molecule has 0 amide bonds. The lowest BCUT2D eigenvalue weighted by atomic mass is 9.84. The van der Waals surface area contributed by atoms with Gasteiger partial charge in [0.25, 0.3) is 0 Å². The van der Waals surface area contributed by atoms with E-state index >= 15 is 0 Å². The molecule has 2 fully saturated rings. The maximum atomic E-state index is 11.3. The molecule has 0 bridgehead atoms. The summed E-state index contributed by atoms with van der Waals surface area (Å²) in [4.78, 5) is 0. The molecular formula is C13H25NO2S. The summed E-state index contributed by atoms with van der Waals surface area (Å²) in [5.74, 6) is 1.70. The summed E-state index contributed by atoms with van der Waals surface area (Å²) in [5.41, 5.74) is 0. The zero-order valence-electron chi connectivity index (χ0n) is 10.8. The molecule has 17 heavy (non-hydrogen) atoms. The van der Waals surface area contributed by atoms with E-state index in [2.05, 4.69) is 12.2 Å². The number of rotatable bonds is 3. The fourth-order valence-corrected chi connectivity index (χ4v) is 4.62. The van der Waals surface area contributed by atoms with Crippen LogP contribution in [0.4, 0.5) is 0 Å². The van der Waals surface area contributed by atoms with Gasteiger partial charge >= 0.3 is 0 Å². The lowest BCUT2D eigenvalue weighted by Crippen LogP contribution is -2.44. The maximum absolute atomic E-state index is 11.3. The minimum absolute atomic E-state index is 0.384. The van der Waals surface area contributed by atoms with Crippen LogP contribution in [0.1, 0.15) is 51.9 Å². The normalized spacial score (nSPS) is 34.6. The average Bonchev–Trinajstić information content (AvgIpc) is 2.33. The summed E-state index contributed by atoms with van der Waals surface area (Å²) in [5, 5.41) is 3.68. The quantitative estimate of drug-likeness (QED) is 0.844. The van der Waals surface area contributed by atoms with Crippen molar-refractivity contribution in [2.24, 2.45) is 5.92 Å². The molecule has 4 heteroatoms. The van der Waals surface area contributed by atoms with Crippen LogP contribution in [0.25, 0.3) is 0 Å². The Morgan fingerprint density at radius 3 is 2.00 bits per heavy atom. The Labute approximate surface area is 105 Å². The SMILES string of the molecule is CCC1CCC(NC2CCS(=O)(=O)CC2)CC1. The monoisotopic (exact) mass is 259 g/mol. The van der Waals surface area contributed by atoms with Crippen LogP contribution in [0, 0.1) is 5.92 Å². The van der Waals surface area contributed by atoms with E-state index in [1.165, 1.54) is 32.1 Å². The minimum Gasteiger partial charge on any atom is -0.311 e. The fourth-order valence-electron chi connectivity index (χ4n) is 3.13. The van der Waals surface area contributed by atoms with Crippen LogP contribution in [0.3, 0.4) is 0 Å². The Morgan fingerprint density at radius 2 is 1.47 bits per heavy atom. The molecule has 100 valence electrons. The first-order valence-corrected chi connectivity index (χ1v) is 8.87. The third-order valence-electron chi connectivity index (χ3n) is 4.45. The summed E-state index contributed by atoms with van der Waals surface area (Å²) < 4.78 is 22.7. The first-order chi connectivity index (χ1) is 8.09. The Hall–Kier alpha value is -0.0900. The Bertz CT molecular complexity index is 317. The van der Waals surface area contributed by atoms with Crippen molar-refractivity contribution >= 4 is 9.84 Å². The highest BCUT2D eigenvalue weighted by atomic mass is 32.2. The van der Waals surface area contributed by atoms with Crippen LogP contribution >= 0.6 is 0 Å². The minimum atomic E-state index is -2.71. The van der Waals surface area contributed by atoms with Gasteiger partial charge in [-0.1, -0.05) is 13.3 Å². The smallest absolute Gasteiger partial charge is 0.150 e. The number of hydrogen-bond donors (Lipinski definition) is 1. The van der Waals surface area contributed by atoms with E-state index in [4.69, 9.17) is 0 Å². The molecule has 2 aliphatic rings. The van der Waals surface area contributed by atoms with Crippen LogP contribution < -0.4 is 5.32 Å². The average molecular weight is 259 g/mol. The standard InChI is InChI=1S/C13H25NO2S/c1-2-11-3-5-12(6-4-11)14-13-7-9-17(15,16)10-8-13/h11-14H,2-10H2,1H3. The molecule has 1 saturated heterocycles. The predicted octanol–water partition coefficient (Wildman–Crippen LogP) is 2.12. The van der Waals surface area contributed by atoms with Crippen molar-refractivity contribution in [1.29, 1.82) is 0 Å². The predicted molar refractivity (Wildman–Crippen MR) is 70.8 cm³/mol. The number of nitrogens with one attached hydrogen (secondary N) is 1. The molecule has 0 aromatic carbocycles. The zero-order chi connectivity index (χ0) is 12.3. The van der Waals surface area contributed by atoms with Crippen molar-refractivity contribution in [3.63, 3.8) is 0 Å². The topological polar surface area (TPSA) is 46.2 Å². The van der Waals surface area contributed by atoms with Gasteiger partial charge in [0.05, 0.1) is 11.5 Å². The molecule has 1 heterocycles. The molecule has 0 radical (unpaired) electrons. The second-order valence-corrected chi connectivity index (χ2v) is 8.02. The first kappa shape index (κ1) is 13.3. The second kappa shape index (κ2) is 5.70. The van der Waals surface area contributed by atoms with Crippen molar-refractivity contribution in [2.75, 3.05) is 11.5 Å². The highest BCUT2D eigenvalue weighted by Gasteiger charge is 2.27. The molecule has 0 spiro atoms. The van der Waals surface area contributed by atoms with Gasteiger partial charge in [0.2, 0.25) is 0 Å². The Balaban J connectivity index is 1.72. The summed E-state index contributed by atoms with van der Waals surface area (Å²) in [7, 11) is -2.71. The van der Waals surface area contributed by atoms with Gasteiger partial charge in [-0.15, -0.1) is 0 Å². The molecular weight excluding hydrogens is 234 g/mol. The Morgan fingerprint density at radius 1 is 0.941 bits per heavy atom. The summed E-state index contributed by atoms with van der Waals surface area (Å²) in [6, 6.07) is 1.09. The van der Waals surface area contributed by atoms with E-state index in [0.29, 0.717) is 23.6 Å². The van der Waals surface area contributed by atoms with Crippen molar-refractivity contribution in [3.05, 3.63) is 0 Å². The summed E-state index contributed by atoms with van der Waals surface area (Å²) in [6.45, 7) is 2.28. The Kier molecular flexibility index (Phi) is 4.47. The van der Waals surface area contributed by atoms with E-state index in [0.717, 1.165) is 18.8 Å². The van der Waals surface area contributed by atoms with Gasteiger partial charge in [0.1, 0.15) is 9.84 Å². The van der Waals surface area contributed by atoms with Crippen LogP contribution in [0.2, 0.25) is 0 Å². The fraction of sp³-hybridized carbons (Fsp3) is 1.00. The van der Waals surface area contributed by atoms with Gasteiger partial charge in [-0.3, -0.25) is 0 Å². The molecule has 3 nitrogen and oxygen atoms in total. The second-order valence-electron chi connectivity index (χ2n) is 5.72. The highest BCUT2D eigenvalue weighted by molar-refractivity contribution is 7.91. The first-order valence-electron chi connectivity index (χ1n) is 7.05. The third-order valence-corrected chi connectivity index (χ3v) is 6.17. The molecule has 0 atom stereocenters. The van der Waals surface area contributed by atoms with Crippen molar-refractivity contribution in [1.82, 2.24) is 5.32 Å². The highest BCUT2D eigenvalue weighted by Crippen LogP contribution is 2.27. The molecule has 1 aliphatic heterocycles. The molecule has 0 aromatic rings. The number of hydrogen-bond acceptors (Lipinski definition) is 3. The number of sulfone groups is 1. The van der Waals surface area contributed by atoms with E-state index in [9.17, 15) is 8.42 Å². The largest absolute Gasteiger partial charge is 0.311 e. The molecule has 1 saturated carbocycles. The lowest BCUT2D eigenvalue weighted by Gasteiger charge is -2.33. The molecule has 2 rings (SSSR count). The zero-order valence-corrected chi connectivity index (χ0v) is 11.6. The van der Waals surface area contributed by atoms with Gasteiger partial charge in [-0.2, -0.15) is 0 Å². The van der Waals surface area contributed by atoms with Crippen molar-refractivity contribution in [3.8, 4) is 0 Å². The van der Waals surface area contributed by atoms with Crippen LogP contribution in [-0.2, 0) is 9.84 Å². The van der Waals surface area contributed by atoms with Gasteiger partial charge in [0, 0.05) is 12.1 Å². The lowest BCUT2D eigenvalue weighted by molar-refractivity contribution is 0.263. The van der Waals surface area contributed by atoms with E-state index in [1.54, 1.807) is 0 Å². The molecule has 1 N–H and O–H groups in total. The van der Waals surface area contributed by atoms with E-state index in [1.807, 2.05) is 0 Å². The van der Waals surface area contributed by atoms with E-state index in [-0.39, 0.29) is 0 Å². The van der Waals surface area contributed by atoms with Crippen LogP contribution in [0.5, 0.6) is 0 Å². The molecule has 0 aromatic heterocycles. The maximum Gasteiger partial charge on any atom is 0.150 e. The van der Waals surface area contributed by atoms with Gasteiger partial charge < -0.3 is 5.32 Å². The summed E-state index contributed by atoms with van der Waals surface area (Å²) in [6.07, 6.45) is 8.20. The summed E-state index contributed by atoms with van der Waals surface area (Å²) >= 11 is 0. The molecule has 1 aliphatic carbocycles. The van der Waals surface area contributed by atoms with E-state index < -0.39 is 9.84 Å². The van der Waals surface area contributed by atoms with Gasteiger partial charge in [-0.05, 0) is 44.4 Å². The van der Waals surface area contributed by atoms with Gasteiger partial charge in [-0.25, -0.2) is 8.42 Å². The van der Waals surface area contributed by atoms with Gasteiger partial charge in [0.15, 0.2) is 0 Å². The van der Waals surface area contributed by atoms with Crippen molar-refractivity contribution < 1.29 is 8.42 Å². The van der Waals surface area contributed by atoms with Crippen LogP contribution in [0.15, 0.2) is 0 Å². The van der Waals surface area contributed by atoms with Crippen molar-refractivity contribution in [2.45, 2.75) is 64.0 Å². The molecule has 0 unspecified atom stereocenters. The van der Waals surface area contributed by atoms with Crippen LogP contribution in [-0.4, -0.2) is 32.0 Å². The third kappa shape index (κ3) is 3.95.